The van der Waals surface area contributed by atoms with Gasteiger partial charge in [-0.3, -0.25) is 14.9 Å². The number of carbonyl (C=O) groups excluding carboxylic acids is 2. The number of nitrogens with zero attached hydrogens (tertiary/aromatic N) is 1. The SMILES string of the molecule is O=C(Nc1ccc2nc(NC(=O)c3ccco3)sc2c1)c1ccc(I)cc1. The van der Waals surface area contributed by atoms with Crippen molar-refractivity contribution in [1.29, 1.82) is 0 Å². The predicted molar refractivity (Wildman–Crippen MR) is 113 cm³/mol. The van der Waals surface area contributed by atoms with E-state index in [4.69, 9.17) is 4.42 Å². The van der Waals surface area contributed by atoms with Crippen molar-refractivity contribution in [2.24, 2.45) is 0 Å². The van der Waals surface area contributed by atoms with E-state index in [0.717, 1.165) is 13.8 Å². The molecule has 0 radical (unpaired) electrons. The number of amides is 2. The van der Waals surface area contributed by atoms with Gasteiger partial charge in [0.1, 0.15) is 0 Å². The highest BCUT2D eigenvalue weighted by atomic mass is 127. The third-order valence-electron chi connectivity index (χ3n) is 3.72. The Kier molecular flexibility index (Phi) is 4.90. The molecule has 4 rings (SSSR count). The van der Waals surface area contributed by atoms with Crippen LogP contribution in [-0.4, -0.2) is 16.8 Å². The van der Waals surface area contributed by atoms with Gasteiger partial charge in [-0.05, 0) is 77.2 Å². The second-order valence-corrected chi connectivity index (χ2v) is 7.87. The molecule has 134 valence electrons. The van der Waals surface area contributed by atoms with Gasteiger partial charge < -0.3 is 9.73 Å². The number of halogens is 1. The summed E-state index contributed by atoms with van der Waals surface area (Å²) in [7, 11) is 0. The van der Waals surface area contributed by atoms with Gasteiger partial charge in [-0.1, -0.05) is 11.3 Å². The average molecular weight is 489 g/mol. The predicted octanol–water partition coefficient (Wildman–Crippen LogP) is 5.00. The number of benzene rings is 2. The Morgan fingerprint density at radius 2 is 1.81 bits per heavy atom. The first-order valence-electron chi connectivity index (χ1n) is 7.91. The van der Waals surface area contributed by atoms with Crippen molar-refractivity contribution in [3.05, 3.63) is 75.8 Å². The number of thiazole rings is 1. The minimum atomic E-state index is -0.355. The molecule has 0 spiro atoms. The van der Waals surface area contributed by atoms with Crippen LogP contribution in [0.1, 0.15) is 20.9 Å². The highest BCUT2D eigenvalue weighted by Gasteiger charge is 2.13. The number of furan rings is 1. The van der Waals surface area contributed by atoms with E-state index in [2.05, 4.69) is 38.2 Å². The van der Waals surface area contributed by atoms with E-state index in [1.54, 1.807) is 36.4 Å². The zero-order valence-corrected chi connectivity index (χ0v) is 16.7. The van der Waals surface area contributed by atoms with Crippen LogP contribution in [0.5, 0.6) is 0 Å². The van der Waals surface area contributed by atoms with Crippen LogP contribution < -0.4 is 10.6 Å². The maximum absolute atomic E-state index is 12.4. The molecular weight excluding hydrogens is 477 g/mol. The highest BCUT2D eigenvalue weighted by Crippen LogP contribution is 2.29. The lowest BCUT2D eigenvalue weighted by Gasteiger charge is -2.05. The van der Waals surface area contributed by atoms with Gasteiger partial charge in [-0.25, -0.2) is 4.98 Å². The minimum Gasteiger partial charge on any atom is -0.459 e. The molecule has 0 aliphatic carbocycles. The summed E-state index contributed by atoms with van der Waals surface area (Å²) in [6, 6.07) is 16.0. The van der Waals surface area contributed by atoms with Crippen molar-refractivity contribution < 1.29 is 14.0 Å². The fraction of sp³-hybridized carbons (Fsp3) is 0. The number of hydrogen-bond donors (Lipinski definition) is 2. The molecule has 2 aromatic carbocycles. The van der Waals surface area contributed by atoms with E-state index in [1.807, 2.05) is 18.2 Å². The van der Waals surface area contributed by atoms with Crippen LogP contribution >= 0.6 is 33.9 Å². The van der Waals surface area contributed by atoms with Gasteiger partial charge in [0.25, 0.3) is 11.8 Å². The molecule has 0 saturated carbocycles. The summed E-state index contributed by atoms with van der Waals surface area (Å²) in [5, 5.41) is 6.05. The summed E-state index contributed by atoms with van der Waals surface area (Å²) in [6.07, 6.45) is 1.44. The molecule has 27 heavy (non-hydrogen) atoms. The molecule has 0 aliphatic heterocycles. The first-order chi connectivity index (χ1) is 13.1. The fourth-order valence-electron chi connectivity index (χ4n) is 2.43. The Morgan fingerprint density at radius 3 is 2.56 bits per heavy atom. The lowest BCUT2D eigenvalue weighted by molar-refractivity contribution is 0.0994. The monoisotopic (exact) mass is 489 g/mol. The molecule has 2 heterocycles. The summed E-state index contributed by atoms with van der Waals surface area (Å²) in [4.78, 5) is 28.8. The number of carbonyl (C=O) groups is 2. The normalized spacial score (nSPS) is 10.7. The lowest BCUT2D eigenvalue weighted by Crippen LogP contribution is -2.11. The molecule has 0 unspecified atom stereocenters. The number of nitrogens with one attached hydrogen (secondary N) is 2. The molecule has 0 aliphatic rings. The molecule has 8 heteroatoms. The zero-order chi connectivity index (χ0) is 18.8. The maximum atomic E-state index is 12.4. The number of rotatable bonds is 4. The van der Waals surface area contributed by atoms with Gasteiger partial charge in [0.05, 0.1) is 16.5 Å². The van der Waals surface area contributed by atoms with E-state index in [1.165, 1.54) is 17.6 Å². The van der Waals surface area contributed by atoms with Crippen molar-refractivity contribution in [2.75, 3.05) is 10.6 Å². The second-order valence-electron chi connectivity index (χ2n) is 5.59. The van der Waals surface area contributed by atoms with E-state index in [9.17, 15) is 9.59 Å². The summed E-state index contributed by atoms with van der Waals surface area (Å²) in [5.41, 5.74) is 1.99. The third-order valence-corrected chi connectivity index (χ3v) is 5.37. The third kappa shape index (κ3) is 4.01. The summed E-state index contributed by atoms with van der Waals surface area (Å²) in [6.45, 7) is 0. The van der Waals surface area contributed by atoms with Gasteiger partial charge in [0.2, 0.25) is 0 Å². The van der Waals surface area contributed by atoms with Crippen molar-refractivity contribution in [2.45, 2.75) is 0 Å². The maximum Gasteiger partial charge on any atom is 0.293 e. The largest absolute Gasteiger partial charge is 0.459 e. The number of aromatic nitrogens is 1. The minimum absolute atomic E-state index is 0.179. The molecule has 2 N–H and O–H groups in total. The number of anilines is 2. The van der Waals surface area contributed by atoms with Crippen LogP contribution in [0, 0.1) is 3.57 Å². The van der Waals surface area contributed by atoms with E-state index < -0.39 is 0 Å². The molecule has 0 saturated heterocycles. The summed E-state index contributed by atoms with van der Waals surface area (Å²) in [5.74, 6) is -0.312. The van der Waals surface area contributed by atoms with Crippen molar-refractivity contribution >= 4 is 66.8 Å². The Bertz CT molecular complexity index is 1120. The van der Waals surface area contributed by atoms with Crippen LogP contribution in [0.2, 0.25) is 0 Å². The first-order valence-corrected chi connectivity index (χ1v) is 9.80. The van der Waals surface area contributed by atoms with Crippen LogP contribution in [-0.2, 0) is 0 Å². The van der Waals surface area contributed by atoms with Crippen LogP contribution in [0.15, 0.2) is 65.3 Å². The fourth-order valence-corrected chi connectivity index (χ4v) is 3.69. The van der Waals surface area contributed by atoms with E-state index in [0.29, 0.717) is 16.4 Å². The summed E-state index contributed by atoms with van der Waals surface area (Å²) >= 11 is 3.52. The lowest BCUT2D eigenvalue weighted by atomic mass is 10.2. The average Bonchev–Trinajstić information content (AvgIpc) is 3.31. The Hall–Kier alpha value is -2.72. The van der Waals surface area contributed by atoms with Crippen molar-refractivity contribution in [1.82, 2.24) is 4.98 Å². The topological polar surface area (TPSA) is 84.2 Å². The first kappa shape index (κ1) is 17.7. The molecule has 0 atom stereocenters. The molecule has 0 bridgehead atoms. The van der Waals surface area contributed by atoms with Gasteiger partial charge in [-0.15, -0.1) is 0 Å². The van der Waals surface area contributed by atoms with Crippen LogP contribution in [0.4, 0.5) is 10.8 Å². The zero-order valence-electron chi connectivity index (χ0n) is 13.7. The van der Waals surface area contributed by atoms with Gasteiger partial charge in [-0.2, -0.15) is 0 Å². The van der Waals surface area contributed by atoms with Crippen molar-refractivity contribution in [3.8, 4) is 0 Å². The molecule has 4 aromatic rings. The standard InChI is InChI=1S/C19H12IN3O3S/c20-12-5-3-11(4-6-12)17(24)21-13-7-8-14-16(10-13)27-19(22-14)23-18(25)15-2-1-9-26-15/h1-10H,(H,21,24)(H,22,23,25). The van der Waals surface area contributed by atoms with E-state index in [-0.39, 0.29) is 17.6 Å². The molecular formula is C19H12IN3O3S. The van der Waals surface area contributed by atoms with Gasteiger partial charge in [0.15, 0.2) is 10.9 Å². The molecule has 6 nitrogen and oxygen atoms in total. The molecule has 0 fully saturated rings. The molecule has 2 amide bonds. The van der Waals surface area contributed by atoms with Crippen LogP contribution in [0.3, 0.4) is 0 Å². The van der Waals surface area contributed by atoms with Gasteiger partial charge >= 0.3 is 0 Å². The number of hydrogen-bond acceptors (Lipinski definition) is 5. The Balaban J connectivity index is 1.51. The second kappa shape index (κ2) is 7.49. The highest BCUT2D eigenvalue weighted by molar-refractivity contribution is 14.1. The van der Waals surface area contributed by atoms with Crippen LogP contribution in [0.25, 0.3) is 10.2 Å². The smallest absolute Gasteiger partial charge is 0.293 e. The number of fused-ring (bicyclic) bond motifs is 1. The quantitative estimate of drug-likeness (QED) is 0.396. The molecule has 2 aromatic heterocycles. The Labute approximate surface area is 171 Å². The Morgan fingerprint density at radius 1 is 1.00 bits per heavy atom. The van der Waals surface area contributed by atoms with Gasteiger partial charge in [0, 0.05) is 14.8 Å². The van der Waals surface area contributed by atoms with Crippen molar-refractivity contribution in [3.63, 3.8) is 0 Å². The summed E-state index contributed by atoms with van der Waals surface area (Å²) < 4.78 is 6.99. The van der Waals surface area contributed by atoms with E-state index >= 15 is 0 Å².